The van der Waals surface area contributed by atoms with Crippen LogP contribution in [0, 0.1) is 0 Å². The Hall–Kier alpha value is -0.920. The van der Waals surface area contributed by atoms with Gasteiger partial charge in [-0.05, 0) is 18.9 Å². The molecule has 3 nitrogen and oxygen atoms in total. The van der Waals surface area contributed by atoms with Crippen LogP contribution in [0.1, 0.15) is 63.9 Å². The maximum atomic E-state index is 10.7. The van der Waals surface area contributed by atoms with Crippen molar-refractivity contribution < 1.29 is 14.0 Å². The number of aryl methyl sites for hydroxylation is 1. The second kappa shape index (κ2) is 10.8. The lowest BCUT2D eigenvalue weighted by atomic mass is 10.0. The monoisotopic (exact) mass is 297 g/mol. The molecule has 0 radical (unpaired) electrons. The third kappa shape index (κ3) is 7.62. The first-order chi connectivity index (χ1) is 9.74. The number of hydrogen-bond donors (Lipinski definition) is 1. The summed E-state index contributed by atoms with van der Waals surface area (Å²) in [6.07, 6.45) is 11.2. The molecule has 0 saturated carbocycles. The average Bonchev–Trinajstić information content (AvgIpc) is 2.43. The van der Waals surface area contributed by atoms with E-state index in [1.165, 1.54) is 44.9 Å². The summed E-state index contributed by atoms with van der Waals surface area (Å²) in [4.78, 5) is 8.83. The SMILES string of the molecule is CCCCCCCCCCc1ccccc1O[P+](=O)O. The van der Waals surface area contributed by atoms with Gasteiger partial charge in [0.05, 0.1) is 0 Å². The lowest BCUT2D eigenvalue weighted by Crippen LogP contribution is -1.91. The smallest absolute Gasteiger partial charge is 0.229 e. The minimum absolute atomic E-state index is 0.541. The fraction of sp³-hybridized carbons (Fsp3) is 0.625. The molecule has 0 saturated heterocycles. The quantitative estimate of drug-likeness (QED) is 0.439. The number of rotatable bonds is 11. The second-order valence-corrected chi connectivity index (χ2v) is 5.82. The Kier molecular flexibility index (Phi) is 9.27. The van der Waals surface area contributed by atoms with Crippen LogP contribution in [0.3, 0.4) is 0 Å². The van der Waals surface area contributed by atoms with Crippen molar-refractivity contribution in [3.63, 3.8) is 0 Å². The highest BCUT2D eigenvalue weighted by Gasteiger charge is 2.16. The maximum Gasteiger partial charge on any atom is 0.747 e. The summed E-state index contributed by atoms with van der Waals surface area (Å²) in [5.41, 5.74) is 1.02. The van der Waals surface area contributed by atoms with Gasteiger partial charge in [0.25, 0.3) is 0 Å². The van der Waals surface area contributed by atoms with E-state index in [9.17, 15) is 4.57 Å². The Balaban J connectivity index is 2.20. The van der Waals surface area contributed by atoms with Crippen molar-refractivity contribution in [2.24, 2.45) is 0 Å². The van der Waals surface area contributed by atoms with Gasteiger partial charge >= 0.3 is 8.25 Å². The van der Waals surface area contributed by atoms with E-state index in [4.69, 9.17) is 9.42 Å². The van der Waals surface area contributed by atoms with Crippen molar-refractivity contribution in [1.29, 1.82) is 0 Å². The van der Waals surface area contributed by atoms with Crippen molar-refractivity contribution in [3.8, 4) is 5.75 Å². The van der Waals surface area contributed by atoms with Crippen molar-refractivity contribution in [1.82, 2.24) is 0 Å². The normalized spacial score (nSPS) is 11.4. The molecule has 4 heteroatoms. The van der Waals surface area contributed by atoms with Crippen molar-refractivity contribution in [2.75, 3.05) is 0 Å². The van der Waals surface area contributed by atoms with Gasteiger partial charge in [-0.2, -0.15) is 0 Å². The molecule has 0 bridgehead atoms. The van der Waals surface area contributed by atoms with Crippen molar-refractivity contribution >= 4 is 8.25 Å². The van der Waals surface area contributed by atoms with Crippen LogP contribution < -0.4 is 4.52 Å². The molecule has 0 aromatic heterocycles. The molecule has 1 N–H and O–H groups in total. The molecule has 0 aliphatic heterocycles. The molecule has 0 aliphatic carbocycles. The third-order valence-electron chi connectivity index (χ3n) is 3.45. The predicted molar refractivity (Wildman–Crippen MR) is 83.2 cm³/mol. The van der Waals surface area contributed by atoms with Gasteiger partial charge in [0.2, 0.25) is 0 Å². The molecule has 20 heavy (non-hydrogen) atoms. The summed E-state index contributed by atoms with van der Waals surface area (Å²) < 4.78 is 15.7. The molecular formula is C16H26O3P+. The van der Waals surface area contributed by atoms with Crippen LogP contribution in [0.2, 0.25) is 0 Å². The van der Waals surface area contributed by atoms with E-state index >= 15 is 0 Å². The van der Waals surface area contributed by atoms with E-state index in [1.807, 2.05) is 18.2 Å². The molecule has 0 heterocycles. The third-order valence-corrected chi connectivity index (χ3v) is 3.80. The highest BCUT2D eigenvalue weighted by Crippen LogP contribution is 2.27. The van der Waals surface area contributed by atoms with Gasteiger partial charge in [-0.3, -0.25) is 0 Å². The summed E-state index contributed by atoms with van der Waals surface area (Å²) in [7, 11) is -2.57. The standard InChI is InChI=1S/C16H25O3P/c1-2-3-4-5-6-7-8-9-12-15-13-10-11-14-16(15)19-20(17)18/h10-11,13-14H,2-9,12H2,1H3/p+1. The minimum Gasteiger partial charge on any atom is -0.229 e. The van der Waals surface area contributed by atoms with Crippen LogP contribution >= 0.6 is 8.25 Å². The zero-order valence-electron chi connectivity index (χ0n) is 12.4. The van der Waals surface area contributed by atoms with Gasteiger partial charge in [-0.1, -0.05) is 70.1 Å². The van der Waals surface area contributed by atoms with Crippen LogP contribution in [-0.4, -0.2) is 4.89 Å². The molecular weight excluding hydrogens is 271 g/mol. The molecule has 0 aliphatic rings. The van der Waals surface area contributed by atoms with Gasteiger partial charge in [0.1, 0.15) is 0 Å². The molecule has 0 amide bonds. The summed E-state index contributed by atoms with van der Waals surface area (Å²) >= 11 is 0. The highest BCUT2D eigenvalue weighted by atomic mass is 31.1. The molecule has 0 fully saturated rings. The first-order valence-corrected chi connectivity index (χ1v) is 8.79. The van der Waals surface area contributed by atoms with E-state index in [1.54, 1.807) is 6.07 Å². The molecule has 0 spiro atoms. The zero-order valence-corrected chi connectivity index (χ0v) is 13.3. The largest absolute Gasteiger partial charge is 0.747 e. The van der Waals surface area contributed by atoms with E-state index in [0.29, 0.717) is 5.75 Å². The second-order valence-electron chi connectivity index (χ2n) is 5.16. The fourth-order valence-corrected chi connectivity index (χ4v) is 2.68. The van der Waals surface area contributed by atoms with Gasteiger partial charge in [-0.15, -0.1) is 4.89 Å². The van der Waals surface area contributed by atoms with Gasteiger partial charge in [-0.25, -0.2) is 4.52 Å². The van der Waals surface area contributed by atoms with Gasteiger partial charge in [0.15, 0.2) is 5.75 Å². The lowest BCUT2D eigenvalue weighted by Gasteiger charge is -2.04. The van der Waals surface area contributed by atoms with Crippen LogP contribution in [0.5, 0.6) is 5.75 Å². The first-order valence-electron chi connectivity index (χ1n) is 7.66. The van der Waals surface area contributed by atoms with Crippen LogP contribution in [0.25, 0.3) is 0 Å². The lowest BCUT2D eigenvalue weighted by molar-refractivity contribution is 0.408. The molecule has 1 atom stereocenters. The Bertz CT molecular complexity index is 393. The number of hydrogen-bond acceptors (Lipinski definition) is 2. The first kappa shape index (κ1) is 17.1. The maximum absolute atomic E-state index is 10.7. The molecule has 1 rings (SSSR count). The Morgan fingerprint density at radius 3 is 2.25 bits per heavy atom. The predicted octanol–water partition coefficient (Wildman–Crippen LogP) is 5.40. The van der Waals surface area contributed by atoms with Crippen LogP contribution in [0.4, 0.5) is 0 Å². The number of para-hydroxylation sites is 1. The molecule has 1 unspecified atom stereocenters. The highest BCUT2D eigenvalue weighted by molar-refractivity contribution is 7.32. The van der Waals surface area contributed by atoms with Crippen LogP contribution in [-0.2, 0) is 11.0 Å². The number of benzene rings is 1. The van der Waals surface area contributed by atoms with E-state index in [-0.39, 0.29) is 0 Å². The summed E-state index contributed by atoms with van der Waals surface area (Å²) in [5.74, 6) is 0.541. The average molecular weight is 297 g/mol. The molecule has 112 valence electrons. The van der Waals surface area contributed by atoms with Gasteiger partial charge in [0, 0.05) is 10.1 Å². The summed E-state index contributed by atoms with van der Waals surface area (Å²) in [6.45, 7) is 2.24. The summed E-state index contributed by atoms with van der Waals surface area (Å²) in [5, 5.41) is 0. The zero-order chi connectivity index (χ0) is 14.6. The Morgan fingerprint density at radius 1 is 1.00 bits per heavy atom. The topological polar surface area (TPSA) is 46.5 Å². The Labute approximate surface area is 123 Å². The van der Waals surface area contributed by atoms with E-state index in [0.717, 1.165) is 18.4 Å². The van der Waals surface area contributed by atoms with E-state index < -0.39 is 8.25 Å². The molecule has 1 aromatic rings. The summed E-state index contributed by atoms with van der Waals surface area (Å²) in [6, 6.07) is 7.49. The minimum atomic E-state index is -2.57. The van der Waals surface area contributed by atoms with Crippen molar-refractivity contribution in [3.05, 3.63) is 29.8 Å². The van der Waals surface area contributed by atoms with Crippen molar-refractivity contribution in [2.45, 2.75) is 64.7 Å². The van der Waals surface area contributed by atoms with E-state index in [2.05, 4.69) is 6.92 Å². The van der Waals surface area contributed by atoms with Crippen LogP contribution in [0.15, 0.2) is 24.3 Å². The fourth-order valence-electron chi connectivity index (χ4n) is 2.33. The van der Waals surface area contributed by atoms with Gasteiger partial charge < -0.3 is 0 Å². The number of unbranched alkanes of at least 4 members (excludes halogenated alkanes) is 7. The Morgan fingerprint density at radius 2 is 1.60 bits per heavy atom. The molecule has 1 aromatic carbocycles.